The van der Waals surface area contributed by atoms with E-state index in [1.807, 2.05) is 53.5 Å². The summed E-state index contributed by atoms with van der Waals surface area (Å²) in [6, 6.07) is 23.0. The molecule has 1 heterocycles. The smallest absolute Gasteiger partial charge is 0.314 e. The zero-order chi connectivity index (χ0) is 22.5. The number of nitrogens with zero attached hydrogens (tertiary/aromatic N) is 3. The molecule has 0 bridgehead atoms. The van der Waals surface area contributed by atoms with Crippen molar-refractivity contribution in [2.75, 3.05) is 17.4 Å². The minimum atomic E-state index is -0.956. The van der Waals surface area contributed by atoms with E-state index >= 15 is 0 Å². The van der Waals surface area contributed by atoms with Crippen LogP contribution in [0.15, 0.2) is 72.8 Å². The Kier molecular flexibility index (Phi) is 5.11. The molecule has 32 heavy (non-hydrogen) atoms. The molecule has 2 atom stereocenters. The lowest BCUT2D eigenvalue weighted by molar-refractivity contribution is -0.147. The van der Waals surface area contributed by atoms with Crippen LogP contribution in [0.5, 0.6) is 0 Å². The van der Waals surface area contributed by atoms with Crippen LogP contribution in [0.3, 0.4) is 0 Å². The molecule has 1 aliphatic carbocycles. The topological polar surface area (TPSA) is 56.6 Å². The number of esters is 1. The van der Waals surface area contributed by atoms with E-state index in [-0.39, 0.29) is 5.97 Å². The van der Waals surface area contributed by atoms with E-state index in [1.165, 1.54) is 7.11 Å². The lowest BCUT2D eigenvalue weighted by atomic mass is 9.74. The molecule has 5 rings (SSSR count). The van der Waals surface area contributed by atoms with Gasteiger partial charge in [-0.15, -0.1) is 0 Å². The van der Waals surface area contributed by atoms with Gasteiger partial charge in [-0.3, -0.25) is 9.80 Å². The highest BCUT2D eigenvalue weighted by molar-refractivity contribution is 9.09. The third kappa shape index (κ3) is 2.65. The molecule has 1 aliphatic heterocycles. The van der Waals surface area contributed by atoms with Crippen LogP contribution in [-0.4, -0.2) is 29.5 Å². The number of halogens is 2. The molecule has 0 amide bonds. The number of rotatable bonds is 3. The first-order valence-corrected chi connectivity index (χ1v) is 11.7. The number of carbonyl (C=O) groups is 1. The molecule has 0 radical (unpaired) electrons. The molecule has 0 N–H and O–H groups in total. The van der Waals surface area contributed by atoms with Crippen LogP contribution in [0.25, 0.3) is 11.1 Å². The number of benzene rings is 3. The third-order valence-corrected chi connectivity index (χ3v) is 7.37. The van der Waals surface area contributed by atoms with Crippen LogP contribution < -0.4 is 5.01 Å². The minimum absolute atomic E-state index is 0.363. The predicted octanol–water partition coefficient (Wildman–Crippen LogP) is 5.33. The van der Waals surface area contributed by atoms with Gasteiger partial charge in [-0.1, -0.05) is 76.1 Å². The Bertz CT molecular complexity index is 1190. The lowest BCUT2D eigenvalue weighted by Crippen LogP contribution is -2.50. The third-order valence-electron chi connectivity index (χ3n) is 6.45. The summed E-state index contributed by atoms with van der Waals surface area (Å²) >= 11 is 9.75. The van der Waals surface area contributed by atoms with Crippen LogP contribution in [0, 0.1) is 17.4 Å². The van der Waals surface area contributed by atoms with Gasteiger partial charge in [0.1, 0.15) is 11.5 Å². The molecule has 5 nitrogen and oxygen atoms in total. The zero-order valence-electron chi connectivity index (χ0n) is 17.2. The fourth-order valence-corrected chi connectivity index (χ4v) is 6.09. The fraction of sp³-hybridized carbons (Fsp3) is 0.200. The summed E-state index contributed by atoms with van der Waals surface area (Å²) in [4.78, 5) is 13.4. The molecule has 2 aliphatic rings. The SMILES string of the molecule is COC(=O)[C@H]1[C@H](CBr)N(C#N)N(c2ccc(Cl)cc2)C12c1ccccc1-c1ccccc12. The Balaban J connectivity index is 1.92. The van der Waals surface area contributed by atoms with Gasteiger partial charge in [0.05, 0.1) is 18.8 Å². The first kappa shape index (κ1) is 20.9. The summed E-state index contributed by atoms with van der Waals surface area (Å²) in [6.45, 7) is 0. The van der Waals surface area contributed by atoms with Crippen molar-refractivity contribution in [1.82, 2.24) is 5.01 Å². The maximum Gasteiger partial charge on any atom is 0.314 e. The van der Waals surface area contributed by atoms with Gasteiger partial charge in [-0.2, -0.15) is 5.26 Å². The highest BCUT2D eigenvalue weighted by Crippen LogP contribution is 2.60. The van der Waals surface area contributed by atoms with Crippen molar-refractivity contribution in [3.05, 3.63) is 88.9 Å². The van der Waals surface area contributed by atoms with Crippen LogP contribution in [-0.2, 0) is 15.1 Å². The summed E-state index contributed by atoms with van der Waals surface area (Å²) < 4.78 is 5.34. The van der Waals surface area contributed by atoms with Crippen LogP contribution in [0.2, 0.25) is 5.02 Å². The Hall–Kier alpha value is -3.01. The predicted molar refractivity (Wildman–Crippen MR) is 127 cm³/mol. The number of carbonyl (C=O) groups excluding carboxylic acids is 1. The number of methoxy groups -OCH3 is 1. The average Bonchev–Trinajstić information content (AvgIpc) is 3.30. The molecule has 3 aromatic rings. The Morgan fingerprint density at radius 2 is 1.62 bits per heavy atom. The summed E-state index contributed by atoms with van der Waals surface area (Å²) in [7, 11) is 1.40. The van der Waals surface area contributed by atoms with Gasteiger partial charge in [-0.25, -0.2) is 5.01 Å². The van der Waals surface area contributed by atoms with Gasteiger partial charge < -0.3 is 4.74 Å². The zero-order valence-corrected chi connectivity index (χ0v) is 19.5. The van der Waals surface area contributed by atoms with Crippen LogP contribution in [0.1, 0.15) is 11.1 Å². The highest BCUT2D eigenvalue weighted by atomic mass is 79.9. The van der Waals surface area contributed by atoms with Crippen molar-refractivity contribution in [3.63, 3.8) is 0 Å². The molecule has 3 aromatic carbocycles. The number of hydrogen-bond donors (Lipinski definition) is 0. The molecule has 160 valence electrons. The first-order chi connectivity index (χ1) is 15.6. The van der Waals surface area contributed by atoms with Gasteiger partial charge in [-0.05, 0) is 46.5 Å². The molecule has 0 unspecified atom stereocenters. The number of alkyl halides is 1. The largest absolute Gasteiger partial charge is 0.469 e. The number of ether oxygens (including phenoxy) is 1. The standard InChI is InChI=1S/C25H19BrClN3O2/c1-32-24(31)23-22(14-26)29(15-28)30(17-12-10-16(27)11-13-17)25(23)20-8-4-2-6-18(20)19-7-3-5-9-21(19)25/h2-13,22-23H,14H2,1H3/t22-,23+/m0/s1. The quantitative estimate of drug-likeness (QED) is 0.272. The minimum Gasteiger partial charge on any atom is -0.469 e. The van der Waals surface area contributed by atoms with Crippen LogP contribution in [0.4, 0.5) is 5.69 Å². The van der Waals surface area contributed by atoms with Gasteiger partial charge in [0.25, 0.3) is 0 Å². The molecular weight excluding hydrogens is 490 g/mol. The molecule has 0 saturated carbocycles. The Morgan fingerprint density at radius 1 is 1.06 bits per heavy atom. The van der Waals surface area contributed by atoms with Crippen LogP contribution >= 0.6 is 27.5 Å². The van der Waals surface area contributed by atoms with E-state index in [0.717, 1.165) is 27.9 Å². The van der Waals surface area contributed by atoms with Gasteiger partial charge in [0.2, 0.25) is 0 Å². The summed E-state index contributed by atoms with van der Waals surface area (Å²) in [5.74, 6) is -1.02. The van der Waals surface area contributed by atoms with Crippen molar-refractivity contribution in [2.45, 2.75) is 11.6 Å². The van der Waals surface area contributed by atoms with E-state index in [0.29, 0.717) is 10.4 Å². The maximum absolute atomic E-state index is 13.4. The maximum atomic E-state index is 13.4. The Morgan fingerprint density at radius 3 is 2.12 bits per heavy atom. The molecule has 1 fully saturated rings. The molecule has 0 aromatic heterocycles. The van der Waals surface area contributed by atoms with E-state index in [9.17, 15) is 10.1 Å². The second kappa shape index (κ2) is 7.84. The fourth-order valence-electron chi connectivity index (χ4n) is 5.32. The lowest BCUT2D eigenvalue weighted by Gasteiger charge is -2.41. The number of fused-ring (bicyclic) bond motifs is 5. The first-order valence-electron chi connectivity index (χ1n) is 10.2. The van der Waals surface area contributed by atoms with Gasteiger partial charge in [0, 0.05) is 10.4 Å². The number of hydrogen-bond acceptors (Lipinski definition) is 5. The molecule has 1 saturated heterocycles. The van der Waals surface area contributed by atoms with Crippen molar-refractivity contribution < 1.29 is 9.53 Å². The number of nitriles is 1. The molecule has 1 spiro atoms. The van der Waals surface area contributed by atoms with Crippen molar-refractivity contribution in [1.29, 1.82) is 5.26 Å². The number of anilines is 1. The Labute approximate surface area is 199 Å². The highest BCUT2D eigenvalue weighted by Gasteiger charge is 2.66. The van der Waals surface area contributed by atoms with Crippen molar-refractivity contribution >= 4 is 39.2 Å². The summed E-state index contributed by atoms with van der Waals surface area (Å²) in [6.07, 6.45) is 2.34. The average molecular weight is 509 g/mol. The normalized spacial score (nSPS) is 20.1. The van der Waals surface area contributed by atoms with E-state index in [2.05, 4.69) is 34.3 Å². The van der Waals surface area contributed by atoms with Crippen molar-refractivity contribution in [2.24, 2.45) is 5.92 Å². The van der Waals surface area contributed by atoms with Gasteiger partial charge in [0.15, 0.2) is 6.19 Å². The monoisotopic (exact) mass is 507 g/mol. The van der Waals surface area contributed by atoms with E-state index < -0.39 is 17.5 Å². The van der Waals surface area contributed by atoms with Crippen molar-refractivity contribution in [3.8, 4) is 17.3 Å². The second-order valence-electron chi connectivity index (χ2n) is 7.81. The second-order valence-corrected chi connectivity index (χ2v) is 8.90. The molecular formula is C25H19BrClN3O2. The van der Waals surface area contributed by atoms with E-state index in [4.69, 9.17) is 16.3 Å². The number of hydrazine groups is 1. The van der Waals surface area contributed by atoms with Gasteiger partial charge >= 0.3 is 5.97 Å². The summed E-state index contributed by atoms with van der Waals surface area (Å²) in [5.41, 5.74) is 3.83. The van der Waals surface area contributed by atoms with E-state index in [1.54, 1.807) is 17.1 Å². The summed E-state index contributed by atoms with van der Waals surface area (Å²) in [5, 5.41) is 14.9. The molecule has 7 heteroatoms.